The number of thiophene rings is 1. The van der Waals surface area contributed by atoms with Gasteiger partial charge in [0, 0.05) is 30.9 Å². The van der Waals surface area contributed by atoms with Crippen LogP contribution in [0.25, 0.3) is 16.3 Å². The van der Waals surface area contributed by atoms with E-state index in [9.17, 15) is 0 Å². The highest BCUT2D eigenvalue weighted by Crippen LogP contribution is 2.28. The maximum absolute atomic E-state index is 4.88. The molecular formula is C21H26N4S. The maximum atomic E-state index is 4.88. The predicted octanol–water partition coefficient (Wildman–Crippen LogP) is 4.17. The van der Waals surface area contributed by atoms with Gasteiger partial charge in [0.05, 0.1) is 10.6 Å². The van der Waals surface area contributed by atoms with Gasteiger partial charge >= 0.3 is 0 Å². The van der Waals surface area contributed by atoms with Crippen molar-refractivity contribution in [1.82, 2.24) is 20.0 Å². The van der Waals surface area contributed by atoms with E-state index in [4.69, 9.17) is 5.10 Å². The summed E-state index contributed by atoms with van der Waals surface area (Å²) in [6, 6.07) is 15.3. The molecule has 5 heteroatoms. The topological polar surface area (TPSA) is 33.1 Å². The number of hydrogen-bond acceptors (Lipinski definition) is 4. The minimum atomic E-state index is 0.675. The van der Waals surface area contributed by atoms with Crippen molar-refractivity contribution in [2.75, 3.05) is 19.6 Å². The number of benzene rings is 1. The summed E-state index contributed by atoms with van der Waals surface area (Å²) in [6.07, 6.45) is 4.80. The van der Waals surface area contributed by atoms with E-state index in [-0.39, 0.29) is 0 Å². The largest absolute Gasteiger partial charge is 0.311 e. The van der Waals surface area contributed by atoms with Crippen LogP contribution in [0.2, 0.25) is 0 Å². The van der Waals surface area contributed by atoms with Gasteiger partial charge in [-0.25, -0.2) is 4.68 Å². The number of nitrogens with one attached hydrogen (secondary N) is 1. The standard InChI is InChI=1S/C21H26N4S/c1-2-24-12-6-10-19(24)15-22-14-17-16-25(18-8-4-3-5-9-18)23-21(17)20-11-7-13-26-20/h3-5,7-9,11,13,16,19,22H,2,6,10,12,14-15H2,1H3/t19-/m1/s1. The number of para-hydroxylation sites is 1. The minimum Gasteiger partial charge on any atom is -0.311 e. The van der Waals surface area contributed by atoms with Crippen molar-refractivity contribution in [3.8, 4) is 16.3 Å². The Hall–Kier alpha value is -1.95. The zero-order valence-electron chi connectivity index (χ0n) is 15.3. The molecule has 26 heavy (non-hydrogen) atoms. The molecule has 4 rings (SSSR count). The number of likely N-dealkylation sites (N-methyl/N-ethyl adjacent to an activating group) is 1. The third-order valence-corrected chi connectivity index (χ3v) is 6.04. The Morgan fingerprint density at radius 2 is 2.08 bits per heavy atom. The van der Waals surface area contributed by atoms with Crippen molar-refractivity contribution in [1.29, 1.82) is 0 Å². The van der Waals surface area contributed by atoms with Crippen LogP contribution in [0, 0.1) is 0 Å². The average molecular weight is 367 g/mol. The lowest BCUT2D eigenvalue weighted by molar-refractivity contribution is 0.260. The first kappa shape index (κ1) is 17.5. The Bertz CT molecular complexity index is 810. The number of nitrogens with zero attached hydrogens (tertiary/aromatic N) is 3. The molecule has 1 fully saturated rings. The molecule has 0 saturated carbocycles. The number of rotatable bonds is 7. The highest BCUT2D eigenvalue weighted by atomic mass is 32.1. The van der Waals surface area contributed by atoms with Crippen molar-refractivity contribution in [3.05, 3.63) is 59.6 Å². The summed E-state index contributed by atoms with van der Waals surface area (Å²) in [4.78, 5) is 3.81. The Labute approximate surface area is 159 Å². The van der Waals surface area contributed by atoms with E-state index in [0.717, 1.165) is 31.0 Å². The molecule has 3 aromatic rings. The van der Waals surface area contributed by atoms with Gasteiger partial charge in [0.1, 0.15) is 5.69 Å². The molecule has 0 aliphatic carbocycles. The second-order valence-electron chi connectivity index (χ2n) is 6.82. The highest BCUT2D eigenvalue weighted by molar-refractivity contribution is 7.13. The quantitative estimate of drug-likeness (QED) is 0.681. The van der Waals surface area contributed by atoms with Crippen LogP contribution in [0.5, 0.6) is 0 Å². The van der Waals surface area contributed by atoms with Gasteiger partial charge in [-0.2, -0.15) is 5.10 Å². The van der Waals surface area contributed by atoms with Crippen molar-refractivity contribution in [3.63, 3.8) is 0 Å². The fraction of sp³-hybridized carbons (Fsp3) is 0.381. The highest BCUT2D eigenvalue weighted by Gasteiger charge is 2.22. The van der Waals surface area contributed by atoms with Gasteiger partial charge in [-0.1, -0.05) is 31.2 Å². The van der Waals surface area contributed by atoms with Crippen molar-refractivity contribution in [2.45, 2.75) is 32.4 Å². The molecule has 1 aliphatic rings. The Morgan fingerprint density at radius 3 is 2.85 bits per heavy atom. The first-order valence-corrected chi connectivity index (χ1v) is 10.4. The summed E-state index contributed by atoms with van der Waals surface area (Å²) < 4.78 is 2.00. The van der Waals surface area contributed by atoms with Gasteiger partial charge in [0.25, 0.3) is 0 Å². The second kappa shape index (κ2) is 8.16. The summed E-state index contributed by atoms with van der Waals surface area (Å²) in [5.41, 5.74) is 3.46. The van der Waals surface area contributed by atoms with Gasteiger partial charge in [-0.05, 0) is 49.5 Å². The van der Waals surface area contributed by atoms with Crippen molar-refractivity contribution in [2.24, 2.45) is 0 Å². The molecule has 4 nitrogen and oxygen atoms in total. The molecule has 1 saturated heterocycles. The van der Waals surface area contributed by atoms with Gasteiger partial charge in [-0.15, -0.1) is 11.3 Å². The SMILES string of the molecule is CCN1CCC[C@@H]1CNCc1cn(-c2ccccc2)nc1-c1cccs1. The first-order chi connectivity index (χ1) is 12.8. The summed E-state index contributed by atoms with van der Waals surface area (Å²) in [5.74, 6) is 0. The number of likely N-dealkylation sites (tertiary alicyclic amines) is 1. The molecule has 0 unspecified atom stereocenters. The normalized spacial score (nSPS) is 17.8. The van der Waals surface area contributed by atoms with Gasteiger partial charge in [0.15, 0.2) is 0 Å². The van der Waals surface area contributed by atoms with E-state index in [2.05, 4.69) is 65.1 Å². The molecule has 0 radical (unpaired) electrons. The molecule has 2 aromatic heterocycles. The Balaban J connectivity index is 1.51. The molecule has 1 aliphatic heterocycles. The average Bonchev–Trinajstić information content (AvgIpc) is 3.43. The van der Waals surface area contributed by atoms with Crippen LogP contribution in [0.3, 0.4) is 0 Å². The second-order valence-corrected chi connectivity index (χ2v) is 7.76. The summed E-state index contributed by atoms with van der Waals surface area (Å²) >= 11 is 1.75. The van der Waals surface area contributed by atoms with Crippen molar-refractivity contribution >= 4 is 11.3 Å². The lowest BCUT2D eigenvalue weighted by Gasteiger charge is -2.22. The lowest BCUT2D eigenvalue weighted by Crippen LogP contribution is -2.37. The number of aromatic nitrogens is 2. The van der Waals surface area contributed by atoms with Crippen LogP contribution < -0.4 is 5.32 Å². The van der Waals surface area contributed by atoms with E-state index in [0.29, 0.717) is 6.04 Å². The van der Waals surface area contributed by atoms with E-state index in [1.54, 1.807) is 11.3 Å². The molecule has 0 spiro atoms. The van der Waals surface area contributed by atoms with Gasteiger partial charge in [-0.3, -0.25) is 4.90 Å². The summed E-state index contributed by atoms with van der Waals surface area (Å²) in [7, 11) is 0. The van der Waals surface area contributed by atoms with E-state index < -0.39 is 0 Å². The molecule has 136 valence electrons. The fourth-order valence-electron chi connectivity index (χ4n) is 3.79. The van der Waals surface area contributed by atoms with Crippen LogP contribution in [0.15, 0.2) is 54.0 Å². The van der Waals surface area contributed by atoms with Gasteiger partial charge < -0.3 is 5.32 Å². The van der Waals surface area contributed by atoms with Crippen molar-refractivity contribution < 1.29 is 0 Å². The van der Waals surface area contributed by atoms with Crippen LogP contribution in [-0.4, -0.2) is 40.4 Å². The molecule has 1 N–H and O–H groups in total. The maximum Gasteiger partial charge on any atom is 0.107 e. The third kappa shape index (κ3) is 3.75. The minimum absolute atomic E-state index is 0.675. The zero-order valence-corrected chi connectivity index (χ0v) is 16.1. The third-order valence-electron chi connectivity index (χ3n) is 5.17. The first-order valence-electron chi connectivity index (χ1n) is 9.47. The monoisotopic (exact) mass is 366 g/mol. The molecule has 3 heterocycles. The predicted molar refractivity (Wildman–Crippen MR) is 109 cm³/mol. The van der Waals surface area contributed by atoms with Crippen LogP contribution in [0.1, 0.15) is 25.3 Å². The van der Waals surface area contributed by atoms with E-state index in [1.165, 1.54) is 29.8 Å². The van der Waals surface area contributed by atoms with E-state index >= 15 is 0 Å². The summed E-state index contributed by atoms with van der Waals surface area (Å²) in [5, 5.41) is 10.7. The molecule has 1 aromatic carbocycles. The Kier molecular flexibility index (Phi) is 5.48. The number of hydrogen-bond donors (Lipinski definition) is 1. The van der Waals surface area contributed by atoms with Crippen LogP contribution >= 0.6 is 11.3 Å². The molecular weight excluding hydrogens is 340 g/mol. The Morgan fingerprint density at radius 1 is 1.19 bits per heavy atom. The zero-order chi connectivity index (χ0) is 17.8. The summed E-state index contributed by atoms with van der Waals surface area (Å²) in [6.45, 7) is 6.56. The van der Waals surface area contributed by atoms with Crippen LogP contribution in [0.4, 0.5) is 0 Å². The van der Waals surface area contributed by atoms with E-state index in [1.807, 2.05) is 10.7 Å². The fourth-order valence-corrected chi connectivity index (χ4v) is 4.53. The van der Waals surface area contributed by atoms with Crippen LogP contribution in [-0.2, 0) is 6.54 Å². The van der Waals surface area contributed by atoms with Gasteiger partial charge in [0.2, 0.25) is 0 Å². The molecule has 0 amide bonds. The molecule has 1 atom stereocenters. The smallest absolute Gasteiger partial charge is 0.107 e. The molecule has 0 bridgehead atoms. The lowest BCUT2D eigenvalue weighted by atomic mass is 10.2.